The molecule has 31 heavy (non-hydrogen) atoms. The fourth-order valence-electron chi connectivity index (χ4n) is 4.60. The summed E-state index contributed by atoms with van der Waals surface area (Å²) in [5, 5.41) is 3.46. The molecule has 3 amide bonds. The van der Waals surface area contributed by atoms with Gasteiger partial charge < -0.3 is 15.0 Å². The van der Waals surface area contributed by atoms with Gasteiger partial charge in [0, 0.05) is 37.0 Å². The Morgan fingerprint density at radius 1 is 1.03 bits per heavy atom. The summed E-state index contributed by atoms with van der Waals surface area (Å²) in [7, 11) is 0. The summed E-state index contributed by atoms with van der Waals surface area (Å²) in [6, 6.07) is 15.0. The zero-order valence-electron chi connectivity index (χ0n) is 17.3. The number of likely N-dealkylation sites (tertiary alicyclic amines) is 1. The molecule has 7 heteroatoms. The van der Waals surface area contributed by atoms with E-state index in [2.05, 4.69) is 5.32 Å². The lowest BCUT2D eigenvalue weighted by molar-refractivity contribution is 0.0475. The van der Waals surface area contributed by atoms with Crippen LogP contribution in [0.4, 0.5) is 5.69 Å². The summed E-state index contributed by atoms with van der Waals surface area (Å²) < 4.78 is 5.58. The molecule has 0 radical (unpaired) electrons. The first-order chi connectivity index (χ1) is 15.1. The van der Waals surface area contributed by atoms with Gasteiger partial charge in [0.15, 0.2) is 0 Å². The minimum absolute atomic E-state index is 0.0954. The number of carbonyl (C=O) groups is 3. The molecule has 2 aromatic carbocycles. The maximum Gasteiger partial charge on any atom is 0.261 e. The Hall–Kier alpha value is -3.19. The molecule has 3 heterocycles. The van der Waals surface area contributed by atoms with Crippen LogP contribution in [-0.4, -0.2) is 65.9 Å². The molecule has 3 aliphatic heterocycles. The fraction of sp³-hybridized carbons (Fsp3) is 0.375. The second-order valence-corrected chi connectivity index (χ2v) is 8.36. The van der Waals surface area contributed by atoms with E-state index in [1.165, 1.54) is 4.90 Å². The summed E-state index contributed by atoms with van der Waals surface area (Å²) in [4.78, 5) is 41.7. The number of nitrogens with one attached hydrogen (secondary N) is 1. The molecule has 0 spiro atoms. The topological polar surface area (TPSA) is 79.0 Å². The van der Waals surface area contributed by atoms with Crippen LogP contribution < -0.4 is 5.32 Å². The van der Waals surface area contributed by atoms with E-state index in [-0.39, 0.29) is 36.4 Å². The molecule has 2 unspecified atom stereocenters. The first-order valence-electron chi connectivity index (χ1n) is 10.8. The smallest absolute Gasteiger partial charge is 0.261 e. The molecule has 2 saturated heterocycles. The molecular weight excluding hydrogens is 394 g/mol. The van der Waals surface area contributed by atoms with Crippen LogP contribution in [-0.2, 0) is 4.74 Å². The van der Waals surface area contributed by atoms with E-state index >= 15 is 0 Å². The third-order valence-electron chi connectivity index (χ3n) is 6.25. The lowest BCUT2D eigenvalue weighted by atomic mass is 10.0. The summed E-state index contributed by atoms with van der Waals surface area (Å²) >= 11 is 0. The van der Waals surface area contributed by atoms with Crippen molar-refractivity contribution in [1.29, 1.82) is 0 Å². The molecule has 160 valence electrons. The molecule has 2 fully saturated rings. The van der Waals surface area contributed by atoms with Crippen LogP contribution in [0.15, 0.2) is 48.5 Å². The number of hydrogen-bond acceptors (Lipinski definition) is 5. The maximum atomic E-state index is 13.1. The predicted molar refractivity (Wildman–Crippen MR) is 115 cm³/mol. The zero-order valence-corrected chi connectivity index (χ0v) is 17.3. The second kappa shape index (κ2) is 8.15. The van der Waals surface area contributed by atoms with Crippen molar-refractivity contribution in [2.75, 3.05) is 31.6 Å². The number of para-hydroxylation sites is 1. The number of rotatable bonds is 5. The Labute approximate surface area is 181 Å². The van der Waals surface area contributed by atoms with Crippen LogP contribution in [0.2, 0.25) is 0 Å². The fourth-order valence-corrected chi connectivity index (χ4v) is 4.60. The standard InChI is InChI=1S/C24H25N3O4/c28-22(26-11-10-18(14-26)25-17-5-2-1-3-6-17)16-8-9-20-21(13-16)24(30)27(23(20)29)15-19-7-4-12-31-19/h1-3,5-6,8-9,13,18-19,25H,4,7,10-12,14-15H2. The molecule has 0 bridgehead atoms. The number of ether oxygens (including phenoxy) is 1. The van der Waals surface area contributed by atoms with Crippen LogP contribution >= 0.6 is 0 Å². The number of anilines is 1. The van der Waals surface area contributed by atoms with Crippen molar-refractivity contribution in [2.45, 2.75) is 31.4 Å². The highest BCUT2D eigenvalue weighted by Gasteiger charge is 2.38. The van der Waals surface area contributed by atoms with Crippen molar-refractivity contribution in [2.24, 2.45) is 0 Å². The Kier molecular flexibility index (Phi) is 5.19. The lowest BCUT2D eigenvalue weighted by Gasteiger charge is -2.18. The van der Waals surface area contributed by atoms with Crippen LogP contribution in [0.25, 0.3) is 0 Å². The second-order valence-electron chi connectivity index (χ2n) is 8.36. The van der Waals surface area contributed by atoms with Crippen LogP contribution in [0.1, 0.15) is 50.3 Å². The van der Waals surface area contributed by atoms with E-state index in [0.717, 1.165) is 24.9 Å². The average Bonchev–Trinajstić information content (AvgIpc) is 3.52. The van der Waals surface area contributed by atoms with E-state index in [4.69, 9.17) is 4.74 Å². The first-order valence-corrected chi connectivity index (χ1v) is 10.8. The number of amides is 3. The van der Waals surface area contributed by atoms with E-state index in [1.807, 2.05) is 30.3 Å². The Morgan fingerprint density at radius 2 is 1.84 bits per heavy atom. The Bertz CT molecular complexity index is 1020. The van der Waals surface area contributed by atoms with Gasteiger partial charge in [-0.2, -0.15) is 0 Å². The molecular formula is C24H25N3O4. The van der Waals surface area contributed by atoms with Gasteiger partial charge in [0.2, 0.25) is 0 Å². The van der Waals surface area contributed by atoms with Gasteiger partial charge in [0.05, 0.1) is 23.8 Å². The molecule has 0 aliphatic carbocycles. The summed E-state index contributed by atoms with van der Waals surface area (Å²) in [5.41, 5.74) is 2.16. The third kappa shape index (κ3) is 3.81. The molecule has 5 rings (SSSR count). The first kappa shape index (κ1) is 19.8. The van der Waals surface area contributed by atoms with Gasteiger partial charge in [0.25, 0.3) is 17.7 Å². The van der Waals surface area contributed by atoms with Gasteiger partial charge in [-0.1, -0.05) is 18.2 Å². The maximum absolute atomic E-state index is 13.1. The van der Waals surface area contributed by atoms with Crippen molar-refractivity contribution in [3.8, 4) is 0 Å². The van der Waals surface area contributed by atoms with Crippen molar-refractivity contribution >= 4 is 23.4 Å². The number of benzene rings is 2. The van der Waals surface area contributed by atoms with Gasteiger partial charge in [-0.25, -0.2) is 0 Å². The van der Waals surface area contributed by atoms with Crippen LogP contribution in [0.3, 0.4) is 0 Å². The highest BCUT2D eigenvalue weighted by atomic mass is 16.5. The van der Waals surface area contributed by atoms with Crippen molar-refractivity contribution in [3.63, 3.8) is 0 Å². The van der Waals surface area contributed by atoms with E-state index in [9.17, 15) is 14.4 Å². The van der Waals surface area contributed by atoms with Crippen LogP contribution in [0, 0.1) is 0 Å². The van der Waals surface area contributed by atoms with Gasteiger partial charge >= 0.3 is 0 Å². The molecule has 0 saturated carbocycles. The quantitative estimate of drug-likeness (QED) is 0.754. The van der Waals surface area contributed by atoms with Gasteiger partial charge in [-0.3, -0.25) is 19.3 Å². The molecule has 2 atom stereocenters. The minimum atomic E-state index is -0.338. The van der Waals surface area contributed by atoms with E-state index < -0.39 is 0 Å². The van der Waals surface area contributed by atoms with Crippen molar-refractivity contribution in [3.05, 3.63) is 65.2 Å². The summed E-state index contributed by atoms with van der Waals surface area (Å²) in [5.74, 6) is -0.754. The Morgan fingerprint density at radius 3 is 2.61 bits per heavy atom. The predicted octanol–water partition coefficient (Wildman–Crippen LogP) is 2.79. The van der Waals surface area contributed by atoms with Crippen molar-refractivity contribution < 1.29 is 19.1 Å². The molecule has 7 nitrogen and oxygen atoms in total. The molecule has 3 aliphatic rings. The third-order valence-corrected chi connectivity index (χ3v) is 6.25. The van der Waals surface area contributed by atoms with Crippen LogP contribution in [0.5, 0.6) is 0 Å². The number of imide groups is 1. The van der Waals surface area contributed by atoms with Gasteiger partial charge in [0.1, 0.15) is 0 Å². The van der Waals surface area contributed by atoms with Gasteiger partial charge in [-0.05, 0) is 49.6 Å². The summed E-state index contributed by atoms with van der Waals surface area (Å²) in [6.45, 7) is 2.19. The minimum Gasteiger partial charge on any atom is -0.380 e. The number of hydrogen-bond donors (Lipinski definition) is 1. The number of fused-ring (bicyclic) bond motifs is 1. The number of nitrogens with zero attached hydrogens (tertiary/aromatic N) is 2. The normalized spacial score (nSPS) is 22.8. The highest BCUT2D eigenvalue weighted by Crippen LogP contribution is 2.27. The largest absolute Gasteiger partial charge is 0.380 e. The molecule has 0 aromatic heterocycles. The Balaban J connectivity index is 1.27. The monoisotopic (exact) mass is 419 g/mol. The zero-order chi connectivity index (χ0) is 21.4. The number of carbonyl (C=O) groups excluding carboxylic acids is 3. The lowest BCUT2D eigenvalue weighted by Crippen LogP contribution is -2.36. The molecule has 2 aromatic rings. The van der Waals surface area contributed by atoms with Gasteiger partial charge in [-0.15, -0.1) is 0 Å². The summed E-state index contributed by atoms with van der Waals surface area (Å²) in [6.07, 6.45) is 2.56. The highest BCUT2D eigenvalue weighted by molar-refractivity contribution is 6.22. The van der Waals surface area contributed by atoms with E-state index in [1.54, 1.807) is 23.1 Å². The molecule has 1 N–H and O–H groups in total. The van der Waals surface area contributed by atoms with Crippen molar-refractivity contribution in [1.82, 2.24) is 9.80 Å². The SMILES string of the molecule is O=C(c1ccc2c(c1)C(=O)N(CC1CCCO1)C2=O)N1CCC(Nc2ccccc2)C1. The van der Waals surface area contributed by atoms with E-state index in [0.29, 0.717) is 36.4 Å². The average molecular weight is 419 g/mol.